The van der Waals surface area contributed by atoms with Crippen molar-refractivity contribution in [1.29, 1.82) is 0 Å². The van der Waals surface area contributed by atoms with E-state index < -0.39 is 0 Å². The van der Waals surface area contributed by atoms with E-state index in [0.717, 1.165) is 25.3 Å². The molecule has 0 saturated carbocycles. The summed E-state index contributed by atoms with van der Waals surface area (Å²) >= 11 is 1.98. The van der Waals surface area contributed by atoms with E-state index in [1.807, 2.05) is 16.7 Å². The molecule has 0 bridgehead atoms. The summed E-state index contributed by atoms with van der Waals surface area (Å²) in [6.07, 6.45) is 0.787. The van der Waals surface area contributed by atoms with Crippen LogP contribution in [0.4, 0.5) is 0 Å². The van der Waals surface area contributed by atoms with Crippen LogP contribution in [-0.2, 0) is 4.79 Å². The van der Waals surface area contributed by atoms with Gasteiger partial charge >= 0.3 is 0 Å². The van der Waals surface area contributed by atoms with Crippen LogP contribution in [0.25, 0.3) is 0 Å². The smallest absolute Gasteiger partial charge is 0.239 e. The third-order valence-corrected chi connectivity index (χ3v) is 4.73. The molecular weight excluding hydrogens is 232 g/mol. The molecule has 0 aromatic carbocycles. The number of amides is 1. The lowest BCUT2D eigenvalue weighted by Gasteiger charge is -2.35. The van der Waals surface area contributed by atoms with Crippen LogP contribution in [0.15, 0.2) is 0 Å². The summed E-state index contributed by atoms with van der Waals surface area (Å²) in [6.45, 7) is 10.4. The molecule has 0 aromatic heterocycles. The Hall–Kier alpha value is -0.220. The number of hydrogen-bond donors (Lipinski definition) is 1. The van der Waals surface area contributed by atoms with Crippen LogP contribution in [-0.4, -0.2) is 40.9 Å². The van der Waals surface area contributed by atoms with Crippen LogP contribution in [0.1, 0.15) is 34.1 Å². The SMILES string of the molecule is CC(C)C[C@H](N)C(=O)N1CCS[C@H](C(C)C)C1. The highest BCUT2D eigenvalue weighted by molar-refractivity contribution is 8.00. The summed E-state index contributed by atoms with van der Waals surface area (Å²) < 4.78 is 0. The normalized spacial score (nSPS) is 23.2. The van der Waals surface area contributed by atoms with Gasteiger partial charge in [0.1, 0.15) is 0 Å². The van der Waals surface area contributed by atoms with E-state index in [4.69, 9.17) is 5.73 Å². The van der Waals surface area contributed by atoms with Gasteiger partial charge in [-0.05, 0) is 18.3 Å². The minimum Gasteiger partial charge on any atom is -0.339 e. The fourth-order valence-corrected chi connectivity index (χ4v) is 3.42. The largest absolute Gasteiger partial charge is 0.339 e. The van der Waals surface area contributed by atoms with Gasteiger partial charge in [-0.15, -0.1) is 0 Å². The van der Waals surface area contributed by atoms with Gasteiger partial charge in [0.15, 0.2) is 0 Å². The minimum absolute atomic E-state index is 0.143. The van der Waals surface area contributed by atoms with Crippen LogP contribution in [0.5, 0.6) is 0 Å². The first-order valence-electron chi connectivity index (χ1n) is 6.57. The molecular formula is C13H26N2OS. The van der Waals surface area contributed by atoms with Crippen molar-refractivity contribution in [2.24, 2.45) is 17.6 Å². The lowest BCUT2D eigenvalue weighted by atomic mass is 10.0. The van der Waals surface area contributed by atoms with Crippen molar-refractivity contribution in [3.05, 3.63) is 0 Å². The van der Waals surface area contributed by atoms with Crippen molar-refractivity contribution in [3.63, 3.8) is 0 Å². The Morgan fingerprint density at radius 2 is 2.06 bits per heavy atom. The molecule has 17 heavy (non-hydrogen) atoms. The van der Waals surface area contributed by atoms with Crippen molar-refractivity contribution in [2.75, 3.05) is 18.8 Å². The van der Waals surface area contributed by atoms with Gasteiger partial charge in [0.05, 0.1) is 6.04 Å². The first-order chi connectivity index (χ1) is 7.91. The number of rotatable bonds is 4. The molecule has 2 N–H and O–H groups in total. The van der Waals surface area contributed by atoms with E-state index in [9.17, 15) is 4.79 Å². The van der Waals surface area contributed by atoms with E-state index in [2.05, 4.69) is 27.7 Å². The average Bonchev–Trinajstić information content (AvgIpc) is 2.27. The highest BCUT2D eigenvalue weighted by Gasteiger charge is 2.28. The molecule has 4 heteroatoms. The summed E-state index contributed by atoms with van der Waals surface area (Å²) in [5.74, 6) is 2.29. The van der Waals surface area contributed by atoms with Crippen molar-refractivity contribution in [3.8, 4) is 0 Å². The summed E-state index contributed by atoms with van der Waals surface area (Å²) in [6, 6.07) is -0.314. The summed E-state index contributed by atoms with van der Waals surface area (Å²) in [5, 5.41) is 0.568. The predicted octanol–water partition coefficient (Wildman–Crippen LogP) is 1.96. The average molecular weight is 258 g/mol. The second kappa shape index (κ2) is 6.64. The number of carbonyl (C=O) groups excluding carboxylic acids is 1. The summed E-state index contributed by atoms with van der Waals surface area (Å²) in [7, 11) is 0. The highest BCUT2D eigenvalue weighted by Crippen LogP contribution is 2.25. The Labute approximate surface area is 109 Å². The van der Waals surface area contributed by atoms with E-state index in [1.165, 1.54) is 0 Å². The van der Waals surface area contributed by atoms with Gasteiger partial charge in [-0.3, -0.25) is 4.79 Å². The van der Waals surface area contributed by atoms with E-state index in [0.29, 0.717) is 17.1 Å². The number of thioether (sulfide) groups is 1. The fraction of sp³-hybridized carbons (Fsp3) is 0.923. The first kappa shape index (κ1) is 14.8. The molecule has 1 fully saturated rings. The summed E-state index contributed by atoms with van der Waals surface area (Å²) in [4.78, 5) is 14.2. The van der Waals surface area contributed by atoms with Gasteiger partial charge in [0, 0.05) is 24.1 Å². The second-order valence-corrected chi connectivity index (χ2v) is 7.02. The molecule has 1 aliphatic heterocycles. The van der Waals surface area contributed by atoms with Crippen LogP contribution < -0.4 is 5.73 Å². The van der Waals surface area contributed by atoms with Crippen molar-refractivity contribution < 1.29 is 4.79 Å². The predicted molar refractivity (Wildman–Crippen MR) is 75.1 cm³/mol. The highest BCUT2D eigenvalue weighted by atomic mass is 32.2. The Morgan fingerprint density at radius 1 is 1.41 bits per heavy atom. The Kier molecular flexibility index (Phi) is 5.80. The molecule has 0 aromatic rings. The maximum absolute atomic E-state index is 12.2. The Balaban J connectivity index is 2.51. The van der Waals surface area contributed by atoms with Gasteiger partial charge in [-0.1, -0.05) is 27.7 Å². The third-order valence-electron chi connectivity index (χ3n) is 3.19. The lowest BCUT2D eigenvalue weighted by Crippen LogP contribution is -2.50. The minimum atomic E-state index is -0.314. The zero-order chi connectivity index (χ0) is 13.0. The molecule has 0 unspecified atom stereocenters. The van der Waals surface area contributed by atoms with E-state index in [1.54, 1.807) is 0 Å². The van der Waals surface area contributed by atoms with Gasteiger partial charge < -0.3 is 10.6 Å². The molecule has 3 nitrogen and oxygen atoms in total. The van der Waals surface area contributed by atoms with Crippen molar-refractivity contribution in [1.82, 2.24) is 4.90 Å². The van der Waals surface area contributed by atoms with Crippen LogP contribution >= 0.6 is 11.8 Å². The molecule has 1 aliphatic rings. The first-order valence-corrected chi connectivity index (χ1v) is 7.62. The Bertz CT molecular complexity index is 256. The molecule has 1 heterocycles. The van der Waals surface area contributed by atoms with Gasteiger partial charge in [0.2, 0.25) is 5.91 Å². The Morgan fingerprint density at radius 3 is 2.59 bits per heavy atom. The van der Waals surface area contributed by atoms with Gasteiger partial charge in [-0.2, -0.15) is 11.8 Å². The van der Waals surface area contributed by atoms with E-state index >= 15 is 0 Å². The fourth-order valence-electron chi connectivity index (χ4n) is 2.12. The van der Waals surface area contributed by atoms with Crippen molar-refractivity contribution in [2.45, 2.75) is 45.4 Å². The van der Waals surface area contributed by atoms with Gasteiger partial charge in [0.25, 0.3) is 0 Å². The maximum atomic E-state index is 12.2. The zero-order valence-corrected chi connectivity index (χ0v) is 12.3. The number of carbonyl (C=O) groups is 1. The standard InChI is InChI=1S/C13H26N2OS/c1-9(2)7-11(14)13(16)15-5-6-17-12(8-15)10(3)4/h9-12H,5-8,14H2,1-4H3/t11-,12-/m0/s1. The van der Waals surface area contributed by atoms with Crippen molar-refractivity contribution >= 4 is 17.7 Å². The molecule has 0 aliphatic carbocycles. The number of nitrogens with zero attached hydrogens (tertiary/aromatic N) is 1. The number of hydrogen-bond acceptors (Lipinski definition) is 3. The molecule has 0 radical (unpaired) electrons. The zero-order valence-electron chi connectivity index (χ0n) is 11.5. The quantitative estimate of drug-likeness (QED) is 0.838. The summed E-state index contributed by atoms with van der Waals surface area (Å²) in [5.41, 5.74) is 5.97. The van der Waals surface area contributed by atoms with E-state index in [-0.39, 0.29) is 11.9 Å². The number of nitrogens with two attached hydrogens (primary N) is 1. The topological polar surface area (TPSA) is 46.3 Å². The molecule has 1 rings (SSSR count). The molecule has 0 spiro atoms. The molecule has 1 saturated heterocycles. The monoisotopic (exact) mass is 258 g/mol. The van der Waals surface area contributed by atoms with Crippen LogP contribution in [0.2, 0.25) is 0 Å². The second-order valence-electron chi connectivity index (χ2n) is 5.67. The lowest BCUT2D eigenvalue weighted by molar-refractivity contribution is -0.133. The molecule has 2 atom stereocenters. The maximum Gasteiger partial charge on any atom is 0.239 e. The van der Waals surface area contributed by atoms with Gasteiger partial charge in [-0.25, -0.2) is 0 Å². The molecule has 100 valence electrons. The third kappa shape index (κ3) is 4.51. The van der Waals surface area contributed by atoms with Crippen LogP contribution in [0.3, 0.4) is 0 Å². The van der Waals surface area contributed by atoms with Crippen LogP contribution in [0, 0.1) is 11.8 Å². The molecule has 1 amide bonds.